The normalized spacial score (nSPS) is 64.2. The summed E-state index contributed by atoms with van der Waals surface area (Å²) in [7, 11) is 0. The summed E-state index contributed by atoms with van der Waals surface area (Å²) in [5.41, 5.74) is -0.823. The van der Waals surface area contributed by atoms with Crippen molar-refractivity contribution in [3.8, 4) is 0 Å². The van der Waals surface area contributed by atoms with Crippen molar-refractivity contribution in [3.63, 3.8) is 0 Å². The van der Waals surface area contributed by atoms with E-state index in [9.17, 15) is 5.11 Å². The standard InChI is InChI=1S/C15H26O/c1-10-5-8-15(16)13(2,3)11-6-7-14(15,4)12(10)9-11/h10-12,16H,5-9H2,1-4H3/t10-,11+,12-,14?,15+/m0/s1/i12D. The van der Waals surface area contributed by atoms with Crippen LogP contribution in [0.2, 0.25) is 0 Å². The van der Waals surface area contributed by atoms with Crippen LogP contribution in [0.1, 0.15) is 61.2 Å². The maximum atomic E-state index is 11.3. The molecular weight excluding hydrogens is 196 g/mol. The first-order valence-corrected chi connectivity index (χ1v) is 6.91. The molecule has 4 aliphatic carbocycles. The van der Waals surface area contributed by atoms with Crippen molar-refractivity contribution in [2.75, 3.05) is 0 Å². The van der Waals surface area contributed by atoms with Crippen LogP contribution in [0, 0.1) is 28.6 Å². The third-order valence-electron chi connectivity index (χ3n) is 6.70. The van der Waals surface area contributed by atoms with Crippen LogP contribution in [0.3, 0.4) is 0 Å². The first kappa shape index (κ1) is 9.94. The summed E-state index contributed by atoms with van der Waals surface area (Å²) >= 11 is 0. The molecule has 4 fully saturated rings. The molecule has 0 saturated heterocycles. The lowest BCUT2D eigenvalue weighted by Gasteiger charge is -2.71. The molecule has 4 saturated carbocycles. The fraction of sp³-hybridized carbons (Fsp3) is 1.00. The van der Waals surface area contributed by atoms with E-state index in [1.807, 2.05) is 0 Å². The zero-order chi connectivity index (χ0) is 12.7. The Bertz CT molecular complexity index is 366. The first-order valence-electron chi connectivity index (χ1n) is 7.41. The number of fused-ring (bicyclic) bond motifs is 1. The highest BCUT2D eigenvalue weighted by atomic mass is 16.3. The molecule has 1 heteroatoms. The molecule has 0 aliphatic heterocycles. The van der Waals surface area contributed by atoms with Gasteiger partial charge in [0.1, 0.15) is 0 Å². The van der Waals surface area contributed by atoms with E-state index >= 15 is 0 Å². The highest BCUT2D eigenvalue weighted by molar-refractivity contribution is 5.19. The van der Waals surface area contributed by atoms with Gasteiger partial charge in [-0.25, -0.2) is 0 Å². The van der Waals surface area contributed by atoms with Gasteiger partial charge in [0.15, 0.2) is 0 Å². The Hall–Kier alpha value is -0.0400. The van der Waals surface area contributed by atoms with Crippen LogP contribution in [0.15, 0.2) is 0 Å². The molecule has 92 valence electrons. The molecule has 5 atom stereocenters. The van der Waals surface area contributed by atoms with E-state index in [1.165, 1.54) is 6.42 Å². The average Bonchev–Trinajstić information content (AvgIpc) is 2.25. The van der Waals surface area contributed by atoms with Gasteiger partial charge in [-0.2, -0.15) is 0 Å². The van der Waals surface area contributed by atoms with Gasteiger partial charge < -0.3 is 5.11 Å². The minimum Gasteiger partial charge on any atom is -0.389 e. The minimum absolute atomic E-state index is 0.00924. The summed E-state index contributed by atoms with van der Waals surface area (Å²) in [6.45, 7) is 8.91. The van der Waals surface area contributed by atoms with E-state index in [0.717, 1.165) is 25.7 Å². The van der Waals surface area contributed by atoms with Crippen molar-refractivity contribution in [2.24, 2.45) is 28.6 Å². The molecule has 0 spiro atoms. The lowest BCUT2D eigenvalue weighted by molar-refractivity contribution is -0.291. The van der Waals surface area contributed by atoms with Gasteiger partial charge in [-0.3, -0.25) is 0 Å². The number of hydrogen-bond acceptors (Lipinski definition) is 1. The Labute approximate surface area is 101 Å². The molecular formula is C15H26O. The van der Waals surface area contributed by atoms with Crippen molar-refractivity contribution in [2.45, 2.75) is 65.4 Å². The van der Waals surface area contributed by atoms with Crippen LogP contribution in [0.5, 0.6) is 0 Å². The van der Waals surface area contributed by atoms with Gasteiger partial charge in [-0.05, 0) is 60.7 Å². The zero-order valence-corrected chi connectivity index (χ0v) is 11.1. The molecule has 0 radical (unpaired) electrons. The smallest absolute Gasteiger partial charge is 0.0757 e. The topological polar surface area (TPSA) is 20.2 Å². The van der Waals surface area contributed by atoms with Crippen LogP contribution >= 0.6 is 0 Å². The Kier molecular flexibility index (Phi) is 1.77. The van der Waals surface area contributed by atoms with Crippen LogP contribution in [0.25, 0.3) is 0 Å². The molecule has 0 aromatic heterocycles. The van der Waals surface area contributed by atoms with Gasteiger partial charge in [0.25, 0.3) is 0 Å². The van der Waals surface area contributed by atoms with Gasteiger partial charge >= 0.3 is 0 Å². The highest BCUT2D eigenvalue weighted by Crippen LogP contribution is 2.71. The number of hydrogen-bond donors (Lipinski definition) is 1. The lowest BCUT2D eigenvalue weighted by atomic mass is 9.35. The zero-order valence-electron chi connectivity index (χ0n) is 12.1. The molecule has 0 heterocycles. The van der Waals surface area contributed by atoms with Gasteiger partial charge in [0.05, 0.1) is 5.60 Å². The van der Waals surface area contributed by atoms with Crippen molar-refractivity contribution < 1.29 is 6.48 Å². The first-order chi connectivity index (χ1) is 7.69. The Morgan fingerprint density at radius 1 is 1.19 bits per heavy atom. The van der Waals surface area contributed by atoms with Crippen molar-refractivity contribution in [3.05, 3.63) is 0 Å². The molecule has 1 unspecified atom stereocenters. The van der Waals surface area contributed by atoms with Crippen molar-refractivity contribution in [1.29, 1.82) is 0 Å². The minimum atomic E-state index is -0.616. The molecule has 4 aliphatic rings. The van der Waals surface area contributed by atoms with Crippen molar-refractivity contribution in [1.82, 2.24) is 0 Å². The Morgan fingerprint density at radius 2 is 1.88 bits per heavy atom. The van der Waals surface area contributed by atoms with E-state index in [1.54, 1.807) is 0 Å². The number of aliphatic hydroxyl groups is 1. The molecule has 1 N–H and O–H groups in total. The summed E-state index contributed by atoms with van der Waals surface area (Å²) in [6, 6.07) is 0. The van der Waals surface area contributed by atoms with Gasteiger partial charge in [0.2, 0.25) is 0 Å². The summed E-state index contributed by atoms with van der Waals surface area (Å²) in [6.07, 6.45) is 5.17. The lowest BCUT2D eigenvalue weighted by Crippen LogP contribution is -2.71. The Morgan fingerprint density at radius 3 is 2.56 bits per heavy atom. The SMILES string of the molecule is [2H][C@@]12C[C@H]3CCC1(C)[C@@](O)(CC[C@@H]2C)C3(C)C. The van der Waals surface area contributed by atoms with Gasteiger partial charge in [0, 0.05) is 1.37 Å². The number of rotatable bonds is 0. The summed E-state index contributed by atoms with van der Waals surface area (Å²) in [4.78, 5) is 0. The maximum Gasteiger partial charge on any atom is 0.0757 e. The predicted molar refractivity (Wildman–Crippen MR) is 66.1 cm³/mol. The largest absolute Gasteiger partial charge is 0.389 e. The van der Waals surface area contributed by atoms with Crippen LogP contribution < -0.4 is 0 Å². The Balaban J connectivity index is 2.20. The van der Waals surface area contributed by atoms with Crippen LogP contribution in [0.4, 0.5) is 0 Å². The molecule has 16 heavy (non-hydrogen) atoms. The van der Waals surface area contributed by atoms with E-state index < -0.39 is 11.5 Å². The predicted octanol–water partition coefficient (Wildman–Crippen LogP) is 3.61. The van der Waals surface area contributed by atoms with Crippen LogP contribution in [-0.2, 0) is 0 Å². The second kappa shape index (κ2) is 2.85. The van der Waals surface area contributed by atoms with E-state index in [0.29, 0.717) is 11.8 Å². The molecule has 0 aromatic rings. The average molecular weight is 223 g/mol. The van der Waals surface area contributed by atoms with E-state index in [4.69, 9.17) is 1.37 Å². The van der Waals surface area contributed by atoms with Crippen molar-refractivity contribution >= 4 is 0 Å². The molecule has 4 bridgehead atoms. The van der Waals surface area contributed by atoms with E-state index in [-0.39, 0.29) is 10.8 Å². The second-order valence-electron chi connectivity index (χ2n) is 7.32. The van der Waals surface area contributed by atoms with Gasteiger partial charge in [-0.1, -0.05) is 27.7 Å². The summed E-state index contributed by atoms with van der Waals surface area (Å²) < 4.78 is 8.98. The fourth-order valence-corrected chi connectivity index (χ4v) is 5.30. The molecule has 0 aromatic carbocycles. The summed E-state index contributed by atoms with van der Waals surface area (Å²) in [5.74, 6) is 0.583. The third kappa shape index (κ3) is 0.939. The second-order valence-corrected chi connectivity index (χ2v) is 7.32. The quantitative estimate of drug-likeness (QED) is 0.665. The highest BCUT2D eigenvalue weighted by Gasteiger charge is 2.69. The monoisotopic (exact) mass is 223 g/mol. The van der Waals surface area contributed by atoms with E-state index in [2.05, 4.69) is 27.7 Å². The van der Waals surface area contributed by atoms with Gasteiger partial charge in [-0.15, -0.1) is 0 Å². The molecule has 0 amide bonds. The molecule has 4 rings (SSSR count). The molecule has 1 nitrogen and oxygen atoms in total. The maximum absolute atomic E-state index is 11.3. The fourth-order valence-electron chi connectivity index (χ4n) is 5.30. The summed E-state index contributed by atoms with van der Waals surface area (Å²) in [5, 5.41) is 11.3. The third-order valence-corrected chi connectivity index (χ3v) is 6.70. The van der Waals surface area contributed by atoms with Crippen LogP contribution in [-0.4, -0.2) is 10.7 Å².